The lowest BCUT2D eigenvalue weighted by molar-refractivity contribution is 0.0788. The molecule has 3 aliphatic rings. The number of hydrogen-bond acceptors (Lipinski definition) is 5. The van der Waals surface area contributed by atoms with E-state index >= 15 is 0 Å². The fraction of sp³-hybridized carbons (Fsp3) is 0.417. The van der Waals surface area contributed by atoms with Crippen LogP contribution in [0, 0.1) is 0 Å². The minimum absolute atomic E-state index is 0.0600. The highest BCUT2D eigenvalue weighted by Gasteiger charge is 2.56. The lowest BCUT2D eigenvalue weighted by atomic mass is 9.95. The van der Waals surface area contributed by atoms with Gasteiger partial charge in [-0.3, -0.25) is 25.0 Å². The molecule has 32 heavy (non-hydrogen) atoms. The van der Waals surface area contributed by atoms with Crippen LogP contribution in [0.1, 0.15) is 42.5 Å². The van der Waals surface area contributed by atoms with Gasteiger partial charge in [0, 0.05) is 18.3 Å². The average Bonchev–Trinajstić information content (AvgIpc) is 3.55. The van der Waals surface area contributed by atoms with Gasteiger partial charge in [-0.15, -0.1) is 0 Å². The first-order valence-electron chi connectivity index (χ1n) is 11.1. The molecular weight excluding hydrogens is 406 g/mol. The van der Waals surface area contributed by atoms with Crippen molar-refractivity contribution in [2.75, 3.05) is 25.1 Å². The minimum Gasteiger partial charge on any atom is -0.497 e. The maximum atomic E-state index is 13.3. The average molecular weight is 434 g/mol. The van der Waals surface area contributed by atoms with Crippen LogP contribution in [-0.4, -0.2) is 59.4 Å². The maximum absolute atomic E-state index is 13.3. The Balaban J connectivity index is 1.48. The normalized spacial score (nSPS) is 24.5. The molecule has 1 saturated carbocycles. The van der Waals surface area contributed by atoms with Crippen LogP contribution >= 0.6 is 0 Å². The molecule has 1 aromatic heterocycles. The largest absolute Gasteiger partial charge is 0.497 e. The van der Waals surface area contributed by atoms with Gasteiger partial charge in [0.2, 0.25) is 0 Å². The predicted octanol–water partition coefficient (Wildman–Crippen LogP) is 3.25. The van der Waals surface area contributed by atoms with Crippen molar-refractivity contribution in [1.29, 1.82) is 0 Å². The third kappa shape index (κ3) is 3.49. The van der Waals surface area contributed by atoms with E-state index < -0.39 is 5.54 Å². The number of anilines is 1. The number of aliphatic imine (C=N–C) groups is 1. The Morgan fingerprint density at radius 3 is 2.69 bits per heavy atom. The Hall–Kier alpha value is -3.42. The smallest absolute Gasteiger partial charge is 0.328 e. The van der Waals surface area contributed by atoms with Crippen molar-refractivity contribution >= 4 is 23.5 Å². The van der Waals surface area contributed by atoms with Crippen LogP contribution in [0.15, 0.2) is 53.8 Å². The molecule has 2 aliphatic heterocycles. The molecule has 1 atom stereocenters. The summed E-state index contributed by atoms with van der Waals surface area (Å²) in [6.07, 6.45) is 8.40. The summed E-state index contributed by atoms with van der Waals surface area (Å²) in [5, 5.41) is 3.03. The molecule has 1 unspecified atom stereocenters. The fourth-order valence-corrected chi connectivity index (χ4v) is 5.05. The Bertz CT molecular complexity index is 1030. The van der Waals surface area contributed by atoms with Crippen molar-refractivity contribution in [2.24, 2.45) is 4.99 Å². The molecule has 2 aromatic rings. The van der Waals surface area contributed by atoms with Crippen molar-refractivity contribution in [3.8, 4) is 5.75 Å². The van der Waals surface area contributed by atoms with Crippen molar-refractivity contribution in [2.45, 2.75) is 43.7 Å². The standard InChI is InChI=1S/C24H27N5O3/c1-32-20-10-8-17(9-11-20)21(30)28-14-12-24(16-28)22(26-18-5-2-3-6-18)27-23(31)29(24)19-7-4-13-25-15-19/h4,7-11,13,15,18H,2-3,5-6,12,14,16H2,1H3,(H,26,27,31). The number of amidine groups is 1. The third-order valence-electron chi connectivity index (χ3n) is 6.71. The second-order valence-electron chi connectivity index (χ2n) is 8.63. The van der Waals surface area contributed by atoms with Gasteiger partial charge in [0.25, 0.3) is 5.91 Å². The lowest BCUT2D eigenvalue weighted by Gasteiger charge is -2.33. The summed E-state index contributed by atoms with van der Waals surface area (Å²) in [5.74, 6) is 1.33. The number of ether oxygens (including phenoxy) is 1. The van der Waals surface area contributed by atoms with E-state index in [4.69, 9.17) is 9.73 Å². The van der Waals surface area contributed by atoms with Crippen LogP contribution < -0.4 is 15.0 Å². The summed E-state index contributed by atoms with van der Waals surface area (Å²) in [4.78, 5) is 39.2. The predicted molar refractivity (Wildman–Crippen MR) is 121 cm³/mol. The summed E-state index contributed by atoms with van der Waals surface area (Å²) < 4.78 is 5.20. The molecule has 3 amide bonds. The number of aromatic nitrogens is 1. The van der Waals surface area contributed by atoms with Gasteiger partial charge in [-0.1, -0.05) is 12.8 Å². The second kappa shape index (κ2) is 8.26. The molecule has 0 bridgehead atoms. The Morgan fingerprint density at radius 1 is 1.22 bits per heavy atom. The highest BCUT2D eigenvalue weighted by Crippen LogP contribution is 2.38. The number of amides is 3. The molecule has 1 aliphatic carbocycles. The van der Waals surface area contributed by atoms with Crippen LogP contribution in [0.2, 0.25) is 0 Å². The molecule has 8 heteroatoms. The molecule has 5 rings (SSSR count). The van der Waals surface area contributed by atoms with E-state index in [1.807, 2.05) is 17.0 Å². The zero-order chi connectivity index (χ0) is 22.1. The number of carbonyl (C=O) groups is 2. The molecule has 1 aromatic carbocycles. The molecule has 3 heterocycles. The number of nitrogens with one attached hydrogen (secondary N) is 1. The number of urea groups is 1. The quantitative estimate of drug-likeness (QED) is 0.802. The van der Waals surface area contributed by atoms with Gasteiger partial charge in [0.1, 0.15) is 17.1 Å². The van der Waals surface area contributed by atoms with Gasteiger partial charge in [0.05, 0.1) is 31.6 Å². The Morgan fingerprint density at radius 2 is 2.00 bits per heavy atom. The Labute approximate surface area is 187 Å². The van der Waals surface area contributed by atoms with Gasteiger partial charge in [-0.2, -0.15) is 0 Å². The van der Waals surface area contributed by atoms with Crippen LogP contribution in [0.25, 0.3) is 0 Å². The molecule has 2 saturated heterocycles. The highest BCUT2D eigenvalue weighted by molar-refractivity contribution is 6.19. The van der Waals surface area contributed by atoms with Crippen LogP contribution in [-0.2, 0) is 0 Å². The number of pyridine rings is 1. The van der Waals surface area contributed by atoms with E-state index in [-0.39, 0.29) is 18.0 Å². The SMILES string of the molecule is COc1ccc(C(=O)N2CCC3(C2)C(=NC2CCCC2)NC(=O)N3c2cccnc2)cc1. The third-order valence-corrected chi connectivity index (χ3v) is 6.71. The number of nitrogens with zero attached hydrogens (tertiary/aromatic N) is 4. The molecular formula is C24H27N5O3. The number of likely N-dealkylation sites (tertiary alicyclic amines) is 1. The summed E-state index contributed by atoms with van der Waals surface area (Å²) in [6.45, 7) is 0.928. The molecule has 1 spiro atoms. The first-order valence-corrected chi connectivity index (χ1v) is 11.1. The van der Waals surface area contributed by atoms with Gasteiger partial charge < -0.3 is 9.64 Å². The van der Waals surface area contributed by atoms with Gasteiger partial charge in [-0.05, 0) is 55.7 Å². The lowest BCUT2D eigenvalue weighted by Crippen LogP contribution is -2.53. The zero-order valence-electron chi connectivity index (χ0n) is 18.2. The van der Waals surface area contributed by atoms with E-state index in [0.717, 1.165) is 25.7 Å². The minimum atomic E-state index is -0.704. The summed E-state index contributed by atoms with van der Waals surface area (Å²) in [5.41, 5.74) is 0.605. The molecule has 3 fully saturated rings. The van der Waals surface area contributed by atoms with Gasteiger partial charge in [0.15, 0.2) is 0 Å². The molecule has 0 radical (unpaired) electrons. The van der Waals surface area contributed by atoms with E-state index in [2.05, 4.69) is 10.3 Å². The van der Waals surface area contributed by atoms with Gasteiger partial charge in [-0.25, -0.2) is 4.79 Å². The zero-order valence-corrected chi connectivity index (χ0v) is 18.2. The first kappa shape index (κ1) is 20.5. The summed E-state index contributed by atoms with van der Waals surface area (Å²) in [7, 11) is 1.60. The monoisotopic (exact) mass is 433 g/mol. The summed E-state index contributed by atoms with van der Waals surface area (Å²) >= 11 is 0. The van der Waals surface area contributed by atoms with Crippen LogP contribution in [0.4, 0.5) is 10.5 Å². The van der Waals surface area contributed by atoms with E-state index in [1.54, 1.807) is 48.7 Å². The Kier molecular flexibility index (Phi) is 5.28. The topological polar surface area (TPSA) is 87.1 Å². The summed E-state index contributed by atoms with van der Waals surface area (Å²) in [6, 6.07) is 10.8. The van der Waals surface area contributed by atoms with Crippen LogP contribution in [0.3, 0.4) is 0 Å². The number of methoxy groups -OCH3 is 1. The second-order valence-corrected chi connectivity index (χ2v) is 8.63. The highest BCUT2D eigenvalue weighted by atomic mass is 16.5. The number of carbonyl (C=O) groups excluding carboxylic acids is 2. The van der Waals surface area contributed by atoms with Gasteiger partial charge >= 0.3 is 6.03 Å². The van der Waals surface area contributed by atoms with E-state index in [1.165, 1.54) is 0 Å². The van der Waals surface area contributed by atoms with Crippen molar-refractivity contribution in [3.05, 3.63) is 54.4 Å². The molecule has 1 N–H and O–H groups in total. The van der Waals surface area contributed by atoms with E-state index in [0.29, 0.717) is 42.3 Å². The van der Waals surface area contributed by atoms with Crippen molar-refractivity contribution in [3.63, 3.8) is 0 Å². The maximum Gasteiger partial charge on any atom is 0.328 e. The fourth-order valence-electron chi connectivity index (χ4n) is 5.05. The van der Waals surface area contributed by atoms with Crippen LogP contribution in [0.5, 0.6) is 5.75 Å². The number of hydrogen-bond donors (Lipinski definition) is 1. The van der Waals surface area contributed by atoms with E-state index in [9.17, 15) is 9.59 Å². The molecule has 8 nitrogen and oxygen atoms in total. The number of benzene rings is 1. The number of rotatable bonds is 4. The van der Waals surface area contributed by atoms with Crippen molar-refractivity contribution < 1.29 is 14.3 Å². The first-order chi connectivity index (χ1) is 15.6. The molecule has 166 valence electrons. The van der Waals surface area contributed by atoms with Crippen molar-refractivity contribution in [1.82, 2.24) is 15.2 Å².